The number of nitrogens with zero attached hydrogens (tertiary/aromatic N) is 3. The zero-order valence-corrected chi connectivity index (χ0v) is 12.0. The van der Waals surface area contributed by atoms with E-state index in [1.165, 1.54) is 18.2 Å². The Kier molecular flexibility index (Phi) is 4.02. The molecule has 0 fully saturated rings. The predicted molar refractivity (Wildman–Crippen MR) is 78.4 cm³/mol. The van der Waals surface area contributed by atoms with Gasteiger partial charge in [0.25, 0.3) is 11.6 Å². The summed E-state index contributed by atoms with van der Waals surface area (Å²) in [6.45, 7) is 5.52. The van der Waals surface area contributed by atoms with E-state index in [2.05, 4.69) is 10.4 Å². The number of carbonyl (C=O) groups excluding carboxylic acids is 1. The monoisotopic (exact) mass is 288 g/mol. The number of nitrogens with one attached hydrogen (secondary N) is 1. The van der Waals surface area contributed by atoms with Crippen LogP contribution in [0.25, 0.3) is 0 Å². The van der Waals surface area contributed by atoms with Crippen LogP contribution in [0.5, 0.6) is 0 Å². The van der Waals surface area contributed by atoms with Gasteiger partial charge in [0.2, 0.25) is 0 Å². The molecule has 110 valence electrons. The van der Waals surface area contributed by atoms with Crippen molar-refractivity contribution in [2.24, 2.45) is 0 Å². The third-order valence-electron chi connectivity index (χ3n) is 3.06. The quantitative estimate of drug-likeness (QED) is 0.691. The number of nitro benzene ring substituents is 1. The molecule has 2 rings (SSSR count). The number of amides is 1. The van der Waals surface area contributed by atoms with E-state index in [1.807, 2.05) is 13.8 Å². The second-order valence-electron chi connectivity index (χ2n) is 4.97. The Bertz CT molecular complexity index is 691. The highest BCUT2D eigenvalue weighted by Crippen LogP contribution is 2.20. The van der Waals surface area contributed by atoms with E-state index in [1.54, 1.807) is 23.9 Å². The molecular weight excluding hydrogens is 272 g/mol. The van der Waals surface area contributed by atoms with Gasteiger partial charge in [-0.2, -0.15) is 5.10 Å². The van der Waals surface area contributed by atoms with Crippen LogP contribution in [0.15, 0.2) is 30.5 Å². The standard InChI is InChI=1S/C14H16N4O3/c1-9(2)17-13(6-7-15-17)16-14(19)11-4-5-12(18(20)21)10(3)8-11/h4-9H,1-3H3,(H,16,19). The van der Waals surface area contributed by atoms with Gasteiger partial charge >= 0.3 is 0 Å². The third kappa shape index (κ3) is 3.07. The van der Waals surface area contributed by atoms with Crippen molar-refractivity contribution in [2.45, 2.75) is 26.8 Å². The van der Waals surface area contributed by atoms with Gasteiger partial charge in [0.1, 0.15) is 5.82 Å². The second kappa shape index (κ2) is 5.74. The van der Waals surface area contributed by atoms with Crippen molar-refractivity contribution in [2.75, 3.05) is 5.32 Å². The summed E-state index contributed by atoms with van der Waals surface area (Å²) in [6, 6.07) is 6.11. The fourth-order valence-electron chi connectivity index (χ4n) is 2.01. The first-order valence-corrected chi connectivity index (χ1v) is 6.50. The molecule has 0 aliphatic rings. The van der Waals surface area contributed by atoms with Gasteiger partial charge in [-0.3, -0.25) is 14.9 Å². The van der Waals surface area contributed by atoms with Crippen LogP contribution in [0.4, 0.5) is 11.5 Å². The minimum atomic E-state index is -0.467. The van der Waals surface area contributed by atoms with E-state index in [-0.39, 0.29) is 17.6 Å². The highest BCUT2D eigenvalue weighted by molar-refractivity contribution is 6.04. The van der Waals surface area contributed by atoms with Crippen molar-refractivity contribution in [1.82, 2.24) is 9.78 Å². The van der Waals surface area contributed by atoms with Crippen LogP contribution >= 0.6 is 0 Å². The average Bonchev–Trinajstić information content (AvgIpc) is 2.86. The third-order valence-corrected chi connectivity index (χ3v) is 3.06. The number of hydrogen-bond donors (Lipinski definition) is 1. The highest BCUT2D eigenvalue weighted by Gasteiger charge is 2.15. The molecule has 1 aromatic heterocycles. The van der Waals surface area contributed by atoms with Gasteiger partial charge in [-0.1, -0.05) is 0 Å². The Morgan fingerprint density at radius 1 is 1.38 bits per heavy atom. The Labute approximate surface area is 121 Å². The van der Waals surface area contributed by atoms with E-state index in [0.29, 0.717) is 16.9 Å². The molecule has 21 heavy (non-hydrogen) atoms. The van der Waals surface area contributed by atoms with Gasteiger partial charge in [0.05, 0.1) is 11.1 Å². The van der Waals surface area contributed by atoms with Crippen molar-refractivity contribution in [3.8, 4) is 0 Å². The van der Waals surface area contributed by atoms with Crippen molar-refractivity contribution < 1.29 is 9.72 Å². The molecule has 0 saturated heterocycles. The van der Waals surface area contributed by atoms with Crippen molar-refractivity contribution >= 4 is 17.4 Å². The van der Waals surface area contributed by atoms with Crippen LogP contribution in [-0.2, 0) is 0 Å². The van der Waals surface area contributed by atoms with E-state index in [4.69, 9.17) is 0 Å². The first-order chi connectivity index (χ1) is 9.90. The smallest absolute Gasteiger partial charge is 0.272 e. The van der Waals surface area contributed by atoms with Crippen LogP contribution in [-0.4, -0.2) is 20.6 Å². The lowest BCUT2D eigenvalue weighted by atomic mass is 10.1. The normalized spacial score (nSPS) is 10.7. The number of carbonyl (C=O) groups is 1. The van der Waals surface area contributed by atoms with E-state index in [0.717, 1.165) is 0 Å². The van der Waals surface area contributed by atoms with Crippen LogP contribution in [0, 0.1) is 17.0 Å². The summed E-state index contributed by atoms with van der Waals surface area (Å²) < 4.78 is 1.69. The molecule has 7 heteroatoms. The summed E-state index contributed by atoms with van der Waals surface area (Å²) in [5.41, 5.74) is 0.818. The second-order valence-corrected chi connectivity index (χ2v) is 4.97. The first-order valence-electron chi connectivity index (χ1n) is 6.50. The Morgan fingerprint density at radius 3 is 2.67 bits per heavy atom. The lowest BCUT2D eigenvalue weighted by Gasteiger charge is -2.12. The molecule has 1 heterocycles. The summed E-state index contributed by atoms with van der Waals surface area (Å²) >= 11 is 0. The Hall–Kier alpha value is -2.70. The van der Waals surface area contributed by atoms with E-state index >= 15 is 0 Å². The Morgan fingerprint density at radius 2 is 2.10 bits per heavy atom. The molecule has 1 amide bonds. The van der Waals surface area contributed by atoms with Crippen LogP contribution < -0.4 is 5.32 Å². The van der Waals surface area contributed by atoms with Crippen LogP contribution in [0.3, 0.4) is 0 Å². The van der Waals surface area contributed by atoms with Crippen LogP contribution in [0.1, 0.15) is 35.8 Å². The Balaban J connectivity index is 2.23. The number of benzene rings is 1. The molecule has 1 aromatic carbocycles. The van der Waals surface area contributed by atoms with Gasteiger partial charge in [0.15, 0.2) is 0 Å². The maximum atomic E-state index is 12.2. The summed E-state index contributed by atoms with van der Waals surface area (Å²) in [7, 11) is 0. The van der Waals surface area contributed by atoms with Crippen molar-refractivity contribution in [1.29, 1.82) is 0 Å². The average molecular weight is 288 g/mol. The molecule has 0 aliphatic heterocycles. The molecular formula is C14H16N4O3. The van der Waals surface area contributed by atoms with E-state index in [9.17, 15) is 14.9 Å². The number of hydrogen-bond acceptors (Lipinski definition) is 4. The largest absolute Gasteiger partial charge is 0.307 e. The van der Waals surface area contributed by atoms with Crippen molar-refractivity contribution in [3.05, 3.63) is 51.7 Å². The van der Waals surface area contributed by atoms with Gasteiger partial charge in [-0.05, 0) is 32.9 Å². The number of nitro groups is 1. The highest BCUT2D eigenvalue weighted by atomic mass is 16.6. The molecule has 0 aliphatic carbocycles. The molecule has 0 spiro atoms. The molecule has 1 N–H and O–H groups in total. The molecule has 0 bridgehead atoms. The van der Waals surface area contributed by atoms with Gasteiger partial charge in [0, 0.05) is 29.3 Å². The number of rotatable bonds is 4. The number of aromatic nitrogens is 2. The maximum absolute atomic E-state index is 12.2. The zero-order chi connectivity index (χ0) is 15.6. The minimum absolute atomic E-state index is 0.00114. The fraction of sp³-hybridized carbons (Fsp3) is 0.286. The fourth-order valence-corrected chi connectivity index (χ4v) is 2.01. The SMILES string of the molecule is Cc1cc(C(=O)Nc2ccnn2C(C)C)ccc1[N+](=O)[O-]. The predicted octanol–water partition coefficient (Wildman–Crippen LogP) is 2.93. The minimum Gasteiger partial charge on any atom is -0.307 e. The molecule has 0 radical (unpaired) electrons. The zero-order valence-electron chi connectivity index (χ0n) is 12.0. The van der Waals surface area contributed by atoms with Crippen molar-refractivity contribution in [3.63, 3.8) is 0 Å². The molecule has 0 saturated carbocycles. The summed E-state index contributed by atoms with van der Waals surface area (Å²) in [5, 5.41) is 17.7. The lowest BCUT2D eigenvalue weighted by molar-refractivity contribution is -0.385. The summed E-state index contributed by atoms with van der Waals surface area (Å²) in [4.78, 5) is 22.5. The summed E-state index contributed by atoms with van der Waals surface area (Å²) in [5.74, 6) is 0.265. The topological polar surface area (TPSA) is 90.1 Å². The van der Waals surface area contributed by atoms with Gasteiger partial charge < -0.3 is 5.32 Å². The lowest BCUT2D eigenvalue weighted by Crippen LogP contribution is -2.17. The molecule has 0 unspecified atom stereocenters. The molecule has 2 aromatic rings. The van der Waals surface area contributed by atoms with Crippen LogP contribution in [0.2, 0.25) is 0 Å². The number of anilines is 1. The maximum Gasteiger partial charge on any atom is 0.272 e. The van der Waals surface area contributed by atoms with E-state index < -0.39 is 4.92 Å². The summed E-state index contributed by atoms with van der Waals surface area (Å²) in [6.07, 6.45) is 1.61. The van der Waals surface area contributed by atoms with Gasteiger partial charge in [-0.15, -0.1) is 0 Å². The first kappa shape index (κ1) is 14.7. The number of aryl methyl sites for hydroxylation is 1. The van der Waals surface area contributed by atoms with Gasteiger partial charge in [-0.25, -0.2) is 4.68 Å². The molecule has 0 atom stereocenters. The molecule has 7 nitrogen and oxygen atoms in total.